The summed E-state index contributed by atoms with van der Waals surface area (Å²) in [4.78, 5) is 0. The number of aryl methyl sites for hydroxylation is 1. The van der Waals surface area contributed by atoms with Gasteiger partial charge in [-0.05, 0) is 48.6 Å². The molecule has 1 aromatic heterocycles. The Labute approximate surface area is 116 Å². The third kappa shape index (κ3) is 3.68. The molecule has 0 radical (unpaired) electrons. The molecule has 0 amide bonds. The van der Waals surface area contributed by atoms with Crippen LogP contribution in [0.3, 0.4) is 0 Å². The lowest BCUT2D eigenvalue weighted by Crippen LogP contribution is -2.19. The number of hydrogen-bond donors (Lipinski definition) is 1. The van der Waals surface area contributed by atoms with Crippen molar-refractivity contribution in [1.82, 2.24) is 9.78 Å². The fraction of sp³-hybridized carbons (Fsp3) is 0.357. The molecular formula is C14H18BrN3. The Morgan fingerprint density at radius 3 is 2.44 bits per heavy atom. The van der Waals surface area contributed by atoms with Crippen LogP contribution in [0.25, 0.3) is 0 Å². The molecule has 0 fully saturated rings. The number of rotatable bonds is 5. The second-order valence-electron chi connectivity index (χ2n) is 4.66. The Bertz CT molecular complexity index is 490. The number of halogens is 1. The lowest BCUT2D eigenvalue weighted by atomic mass is 9.94. The van der Waals surface area contributed by atoms with Gasteiger partial charge in [0.2, 0.25) is 0 Å². The molecule has 1 heterocycles. The first kappa shape index (κ1) is 13.3. The molecule has 18 heavy (non-hydrogen) atoms. The minimum absolute atomic E-state index is 0.468. The molecule has 4 heteroatoms. The minimum atomic E-state index is 0.468. The second-order valence-corrected chi connectivity index (χ2v) is 5.57. The van der Waals surface area contributed by atoms with Gasteiger partial charge in [-0.2, -0.15) is 5.10 Å². The fourth-order valence-electron chi connectivity index (χ4n) is 2.10. The smallest absolute Gasteiger partial charge is 0.0521 e. The highest BCUT2D eigenvalue weighted by Gasteiger charge is 2.10. The third-order valence-corrected chi connectivity index (χ3v) is 3.58. The summed E-state index contributed by atoms with van der Waals surface area (Å²) in [5.74, 6) is 0.468. The molecule has 0 bridgehead atoms. The van der Waals surface area contributed by atoms with E-state index >= 15 is 0 Å². The zero-order valence-electron chi connectivity index (χ0n) is 10.5. The van der Waals surface area contributed by atoms with E-state index in [1.54, 1.807) is 0 Å². The first-order valence-electron chi connectivity index (χ1n) is 6.09. The van der Waals surface area contributed by atoms with Crippen LogP contribution in [0, 0.1) is 5.92 Å². The van der Waals surface area contributed by atoms with Crippen LogP contribution in [0.15, 0.2) is 41.1 Å². The summed E-state index contributed by atoms with van der Waals surface area (Å²) >= 11 is 3.45. The maximum absolute atomic E-state index is 5.87. The van der Waals surface area contributed by atoms with E-state index in [0.717, 1.165) is 17.3 Å². The normalized spacial score (nSPS) is 12.6. The van der Waals surface area contributed by atoms with Crippen molar-refractivity contribution in [2.24, 2.45) is 18.7 Å². The average Bonchev–Trinajstić information content (AvgIpc) is 2.77. The lowest BCUT2D eigenvalue weighted by Gasteiger charge is -2.13. The molecule has 0 aliphatic rings. The molecule has 3 nitrogen and oxygen atoms in total. The van der Waals surface area contributed by atoms with Gasteiger partial charge in [0.1, 0.15) is 0 Å². The first-order valence-corrected chi connectivity index (χ1v) is 6.88. The molecular weight excluding hydrogens is 290 g/mol. The van der Waals surface area contributed by atoms with Crippen molar-refractivity contribution in [2.75, 3.05) is 6.54 Å². The highest BCUT2D eigenvalue weighted by Crippen LogP contribution is 2.16. The van der Waals surface area contributed by atoms with Gasteiger partial charge < -0.3 is 5.73 Å². The van der Waals surface area contributed by atoms with Gasteiger partial charge >= 0.3 is 0 Å². The van der Waals surface area contributed by atoms with Crippen molar-refractivity contribution in [3.05, 3.63) is 52.3 Å². The van der Waals surface area contributed by atoms with E-state index in [-0.39, 0.29) is 0 Å². The van der Waals surface area contributed by atoms with Crippen LogP contribution in [0.1, 0.15) is 11.1 Å². The van der Waals surface area contributed by atoms with E-state index in [2.05, 4.69) is 51.5 Å². The van der Waals surface area contributed by atoms with Crippen LogP contribution in [-0.4, -0.2) is 16.3 Å². The van der Waals surface area contributed by atoms with Gasteiger partial charge in [-0.15, -0.1) is 0 Å². The summed E-state index contributed by atoms with van der Waals surface area (Å²) in [6.45, 7) is 0.699. The monoisotopic (exact) mass is 307 g/mol. The first-order chi connectivity index (χ1) is 8.67. The molecule has 2 aromatic rings. The Balaban J connectivity index is 1.99. The Morgan fingerprint density at radius 2 is 1.89 bits per heavy atom. The Hall–Kier alpha value is -1.13. The summed E-state index contributed by atoms with van der Waals surface area (Å²) in [6, 6.07) is 8.45. The number of nitrogens with zero attached hydrogens (tertiary/aromatic N) is 2. The van der Waals surface area contributed by atoms with Crippen LogP contribution < -0.4 is 5.73 Å². The predicted molar refractivity (Wildman–Crippen MR) is 77.3 cm³/mol. The number of aromatic nitrogens is 2. The standard InChI is InChI=1S/C14H18BrN3/c1-18-10-13(9-17-18)7-12(8-16)6-11-2-4-14(15)5-3-11/h2-5,9-10,12H,6-8,16H2,1H3. The van der Waals surface area contributed by atoms with Crippen molar-refractivity contribution >= 4 is 15.9 Å². The van der Waals surface area contributed by atoms with Gasteiger partial charge in [0.25, 0.3) is 0 Å². The van der Waals surface area contributed by atoms with Gasteiger partial charge in [0, 0.05) is 17.7 Å². The molecule has 0 aliphatic carbocycles. The van der Waals surface area contributed by atoms with Crippen LogP contribution in [0.2, 0.25) is 0 Å². The van der Waals surface area contributed by atoms with E-state index in [9.17, 15) is 0 Å². The second kappa shape index (κ2) is 6.16. The highest BCUT2D eigenvalue weighted by molar-refractivity contribution is 9.10. The van der Waals surface area contributed by atoms with Crippen molar-refractivity contribution in [1.29, 1.82) is 0 Å². The molecule has 0 spiro atoms. The van der Waals surface area contributed by atoms with Crippen molar-refractivity contribution < 1.29 is 0 Å². The van der Waals surface area contributed by atoms with Gasteiger partial charge in [-0.3, -0.25) is 4.68 Å². The highest BCUT2D eigenvalue weighted by atomic mass is 79.9. The topological polar surface area (TPSA) is 43.8 Å². The summed E-state index contributed by atoms with van der Waals surface area (Å²) in [7, 11) is 1.94. The number of nitrogens with two attached hydrogens (primary N) is 1. The van der Waals surface area contributed by atoms with E-state index < -0.39 is 0 Å². The van der Waals surface area contributed by atoms with E-state index in [1.807, 2.05) is 17.9 Å². The molecule has 0 aliphatic heterocycles. The maximum Gasteiger partial charge on any atom is 0.0521 e. The minimum Gasteiger partial charge on any atom is -0.330 e. The summed E-state index contributed by atoms with van der Waals surface area (Å²) in [5, 5.41) is 4.19. The van der Waals surface area contributed by atoms with Crippen molar-refractivity contribution in [3.63, 3.8) is 0 Å². The van der Waals surface area contributed by atoms with Gasteiger partial charge in [-0.25, -0.2) is 0 Å². The molecule has 2 N–H and O–H groups in total. The van der Waals surface area contributed by atoms with E-state index in [0.29, 0.717) is 12.5 Å². The summed E-state index contributed by atoms with van der Waals surface area (Å²) in [6.07, 6.45) is 5.98. The Morgan fingerprint density at radius 1 is 1.22 bits per heavy atom. The molecule has 96 valence electrons. The van der Waals surface area contributed by atoms with Gasteiger partial charge in [-0.1, -0.05) is 28.1 Å². The molecule has 2 rings (SSSR count). The van der Waals surface area contributed by atoms with Crippen molar-refractivity contribution in [3.8, 4) is 0 Å². The van der Waals surface area contributed by atoms with Crippen LogP contribution in [0.5, 0.6) is 0 Å². The molecule has 1 aromatic carbocycles. The predicted octanol–water partition coefficient (Wildman–Crippen LogP) is 2.54. The largest absolute Gasteiger partial charge is 0.330 e. The van der Waals surface area contributed by atoms with E-state index in [4.69, 9.17) is 5.73 Å². The van der Waals surface area contributed by atoms with Crippen LogP contribution in [-0.2, 0) is 19.9 Å². The van der Waals surface area contributed by atoms with Gasteiger partial charge in [0.15, 0.2) is 0 Å². The molecule has 0 saturated carbocycles. The summed E-state index contributed by atoms with van der Waals surface area (Å²) < 4.78 is 2.95. The number of hydrogen-bond acceptors (Lipinski definition) is 2. The molecule has 0 saturated heterocycles. The SMILES string of the molecule is Cn1cc(CC(CN)Cc2ccc(Br)cc2)cn1. The van der Waals surface area contributed by atoms with Crippen molar-refractivity contribution in [2.45, 2.75) is 12.8 Å². The quantitative estimate of drug-likeness (QED) is 0.922. The lowest BCUT2D eigenvalue weighted by molar-refractivity contribution is 0.533. The average molecular weight is 308 g/mol. The van der Waals surface area contributed by atoms with Crippen LogP contribution in [0.4, 0.5) is 0 Å². The third-order valence-electron chi connectivity index (χ3n) is 3.05. The molecule has 1 atom stereocenters. The maximum atomic E-state index is 5.87. The fourth-order valence-corrected chi connectivity index (χ4v) is 2.37. The van der Waals surface area contributed by atoms with E-state index in [1.165, 1.54) is 11.1 Å². The summed E-state index contributed by atoms with van der Waals surface area (Å²) in [5.41, 5.74) is 8.45. The van der Waals surface area contributed by atoms with Gasteiger partial charge in [0.05, 0.1) is 6.20 Å². The van der Waals surface area contributed by atoms with Crippen LogP contribution >= 0.6 is 15.9 Å². The zero-order chi connectivity index (χ0) is 13.0. The number of benzene rings is 1. The molecule has 1 unspecified atom stereocenters. The Kier molecular flexibility index (Phi) is 4.55. The zero-order valence-corrected chi connectivity index (χ0v) is 12.1.